The Balaban J connectivity index is 2.07. The van der Waals surface area contributed by atoms with E-state index in [0.717, 1.165) is 25.9 Å². The van der Waals surface area contributed by atoms with E-state index in [1.807, 2.05) is 6.92 Å². The summed E-state index contributed by atoms with van der Waals surface area (Å²) in [5.74, 6) is 0.684. The van der Waals surface area contributed by atoms with E-state index in [-0.39, 0.29) is 5.03 Å². The second-order valence-corrected chi connectivity index (χ2v) is 5.82. The van der Waals surface area contributed by atoms with Crippen LogP contribution in [0.1, 0.15) is 32.0 Å². The molecule has 0 atom stereocenters. The molecule has 17 heavy (non-hydrogen) atoms. The summed E-state index contributed by atoms with van der Waals surface area (Å²) in [6.07, 6.45) is 5.30. The third kappa shape index (κ3) is 3.05. The smallest absolute Gasteiger partial charge is 0.270 e. The summed E-state index contributed by atoms with van der Waals surface area (Å²) in [4.78, 5) is 9.39. The number of imidazole rings is 1. The Bertz CT molecular complexity index is 462. The maximum absolute atomic E-state index is 12.0. The molecule has 1 aromatic heterocycles. The molecule has 0 unspecified atom stereocenters. The summed E-state index contributed by atoms with van der Waals surface area (Å²) in [5, 5.41) is 1.89. The van der Waals surface area contributed by atoms with Crippen molar-refractivity contribution in [1.29, 1.82) is 0 Å². The molecule has 7 heteroatoms. The number of aromatic nitrogens is 2. The van der Waals surface area contributed by atoms with Crippen LogP contribution < -0.4 is 4.83 Å². The van der Waals surface area contributed by atoms with Crippen LogP contribution in [0.15, 0.2) is 11.2 Å². The van der Waals surface area contributed by atoms with E-state index in [1.54, 1.807) is 5.01 Å². The van der Waals surface area contributed by atoms with Gasteiger partial charge in [0.2, 0.25) is 0 Å². The molecule has 2 heterocycles. The molecule has 0 saturated carbocycles. The summed E-state index contributed by atoms with van der Waals surface area (Å²) in [6.45, 7) is 3.47. The van der Waals surface area contributed by atoms with Crippen LogP contribution in [0.5, 0.6) is 0 Å². The second-order valence-electron chi connectivity index (χ2n) is 4.19. The first-order valence-electron chi connectivity index (χ1n) is 5.93. The van der Waals surface area contributed by atoms with Crippen LogP contribution in [-0.2, 0) is 16.4 Å². The average Bonchev–Trinajstić information content (AvgIpc) is 2.79. The lowest BCUT2D eigenvalue weighted by Crippen LogP contribution is -2.45. The summed E-state index contributed by atoms with van der Waals surface area (Å²) < 4.78 is 24.0. The summed E-state index contributed by atoms with van der Waals surface area (Å²) in [5.41, 5.74) is 0. The van der Waals surface area contributed by atoms with Gasteiger partial charge in [0.25, 0.3) is 10.0 Å². The topological polar surface area (TPSA) is 78.1 Å². The average molecular weight is 258 g/mol. The standard InChI is InChI=1S/C10H18N4O2S/c1-2-9-11-8-10(12-9)17(15,16)13-14-6-4-3-5-7-14/h8,13H,2-7H2,1H3,(H,11,12). The molecule has 1 saturated heterocycles. The van der Waals surface area contributed by atoms with Crippen LogP contribution in [-0.4, -0.2) is 36.5 Å². The number of rotatable bonds is 4. The number of piperidine rings is 1. The molecule has 1 aliphatic rings. The number of hydrogen-bond acceptors (Lipinski definition) is 4. The van der Waals surface area contributed by atoms with Gasteiger partial charge >= 0.3 is 0 Å². The Morgan fingerprint density at radius 1 is 1.41 bits per heavy atom. The van der Waals surface area contributed by atoms with Gasteiger partial charge in [0.15, 0.2) is 5.03 Å². The van der Waals surface area contributed by atoms with Crippen molar-refractivity contribution in [2.24, 2.45) is 0 Å². The van der Waals surface area contributed by atoms with Crippen LogP contribution in [0.3, 0.4) is 0 Å². The third-order valence-corrected chi connectivity index (χ3v) is 4.12. The number of aryl methyl sites for hydroxylation is 1. The molecule has 0 amide bonds. The van der Waals surface area contributed by atoms with Crippen molar-refractivity contribution in [2.75, 3.05) is 13.1 Å². The van der Waals surface area contributed by atoms with E-state index in [2.05, 4.69) is 14.8 Å². The minimum Gasteiger partial charge on any atom is -0.332 e. The lowest BCUT2D eigenvalue weighted by Gasteiger charge is -2.26. The lowest BCUT2D eigenvalue weighted by atomic mass is 10.2. The molecule has 0 aromatic carbocycles. The Morgan fingerprint density at radius 3 is 2.71 bits per heavy atom. The first-order chi connectivity index (χ1) is 8.12. The summed E-state index contributed by atoms with van der Waals surface area (Å²) >= 11 is 0. The molecule has 0 radical (unpaired) electrons. The predicted molar refractivity (Wildman–Crippen MR) is 63.7 cm³/mol. The predicted octanol–water partition coefficient (Wildman–Crippen LogP) is 0.651. The maximum Gasteiger partial charge on any atom is 0.270 e. The van der Waals surface area contributed by atoms with Crippen LogP contribution in [0.25, 0.3) is 0 Å². The van der Waals surface area contributed by atoms with Gasteiger partial charge in [0.1, 0.15) is 5.82 Å². The van der Waals surface area contributed by atoms with E-state index < -0.39 is 10.0 Å². The number of H-pyrrole nitrogens is 1. The van der Waals surface area contributed by atoms with E-state index >= 15 is 0 Å². The molecule has 2 rings (SSSR count). The van der Waals surface area contributed by atoms with Crippen molar-refractivity contribution in [3.05, 3.63) is 12.0 Å². The Morgan fingerprint density at radius 2 is 2.12 bits per heavy atom. The van der Waals surface area contributed by atoms with Crippen LogP contribution in [0, 0.1) is 0 Å². The highest BCUT2D eigenvalue weighted by atomic mass is 32.2. The van der Waals surface area contributed by atoms with E-state index in [0.29, 0.717) is 12.2 Å². The maximum atomic E-state index is 12.0. The highest BCUT2D eigenvalue weighted by Crippen LogP contribution is 2.10. The van der Waals surface area contributed by atoms with Crippen molar-refractivity contribution >= 4 is 10.0 Å². The molecule has 6 nitrogen and oxygen atoms in total. The van der Waals surface area contributed by atoms with Gasteiger partial charge in [-0.15, -0.1) is 4.83 Å². The third-order valence-electron chi connectivity index (χ3n) is 2.83. The van der Waals surface area contributed by atoms with Crippen molar-refractivity contribution in [3.63, 3.8) is 0 Å². The Labute approximate surface area is 101 Å². The molecule has 2 N–H and O–H groups in total. The number of sulfonamides is 1. The molecule has 0 aliphatic carbocycles. The zero-order chi connectivity index (χ0) is 12.3. The van der Waals surface area contributed by atoms with E-state index in [4.69, 9.17) is 0 Å². The fourth-order valence-electron chi connectivity index (χ4n) is 1.86. The summed E-state index contributed by atoms with van der Waals surface area (Å²) in [7, 11) is -3.49. The zero-order valence-electron chi connectivity index (χ0n) is 9.94. The first-order valence-corrected chi connectivity index (χ1v) is 7.41. The number of nitrogens with zero attached hydrogens (tertiary/aromatic N) is 2. The fourth-order valence-corrected chi connectivity index (χ4v) is 2.93. The Kier molecular flexibility index (Phi) is 3.80. The molecular formula is C10H18N4O2S. The quantitative estimate of drug-likeness (QED) is 0.831. The molecule has 96 valence electrons. The largest absolute Gasteiger partial charge is 0.332 e. The normalized spacial score (nSPS) is 18.4. The summed E-state index contributed by atoms with van der Waals surface area (Å²) in [6, 6.07) is 0. The number of hydrazine groups is 1. The van der Waals surface area contributed by atoms with Gasteiger partial charge in [0.05, 0.1) is 6.20 Å². The number of aromatic amines is 1. The van der Waals surface area contributed by atoms with Gasteiger partial charge in [-0.05, 0) is 12.8 Å². The SMILES string of the molecule is CCc1ncc(S(=O)(=O)NN2CCCCC2)[nH]1. The lowest BCUT2D eigenvalue weighted by molar-refractivity contribution is 0.199. The minimum atomic E-state index is -3.49. The molecule has 1 aliphatic heterocycles. The van der Waals surface area contributed by atoms with Gasteiger partial charge < -0.3 is 4.98 Å². The van der Waals surface area contributed by atoms with Gasteiger partial charge in [-0.1, -0.05) is 13.3 Å². The molecule has 0 bridgehead atoms. The van der Waals surface area contributed by atoms with Crippen molar-refractivity contribution in [2.45, 2.75) is 37.6 Å². The molecule has 1 aromatic rings. The van der Waals surface area contributed by atoms with Crippen molar-refractivity contribution < 1.29 is 8.42 Å². The molecule has 0 spiro atoms. The van der Waals surface area contributed by atoms with Crippen LogP contribution in [0.4, 0.5) is 0 Å². The second kappa shape index (κ2) is 5.16. The van der Waals surface area contributed by atoms with Gasteiger partial charge in [-0.25, -0.2) is 18.4 Å². The van der Waals surface area contributed by atoms with Gasteiger partial charge in [-0.3, -0.25) is 0 Å². The number of hydrogen-bond donors (Lipinski definition) is 2. The monoisotopic (exact) mass is 258 g/mol. The van der Waals surface area contributed by atoms with E-state index in [1.165, 1.54) is 12.6 Å². The highest BCUT2D eigenvalue weighted by Gasteiger charge is 2.21. The first kappa shape index (κ1) is 12.5. The molecular weight excluding hydrogens is 240 g/mol. The van der Waals surface area contributed by atoms with Crippen molar-refractivity contribution in [3.8, 4) is 0 Å². The zero-order valence-corrected chi connectivity index (χ0v) is 10.8. The van der Waals surface area contributed by atoms with Crippen LogP contribution in [0.2, 0.25) is 0 Å². The Hall–Kier alpha value is -0.920. The minimum absolute atomic E-state index is 0.139. The van der Waals surface area contributed by atoms with Gasteiger partial charge in [-0.2, -0.15) is 0 Å². The number of nitrogens with one attached hydrogen (secondary N) is 2. The van der Waals surface area contributed by atoms with Gasteiger partial charge in [0, 0.05) is 19.5 Å². The fraction of sp³-hybridized carbons (Fsp3) is 0.700. The molecule has 1 fully saturated rings. The van der Waals surface area contributed by atoms with Crippen molar-refractivity contribution in [1.82, 2.24) is 19.8 Å². The highest BCUT2D eigenvalue weighted by molar-refractivity contribution is 7.89. The van der Waals surface area contributed by atoms with Crippen LogP contribution >= 0.6 is 0 Å². The van der Waals surface area contributed by atoms with E-state index in [9.17, 15) is 8.42 Å².